The molecule has 0 aliphatic heterocycles. The molecule has 17 heavy (non-hydrogen) atoms. The fraction of sp³-hybridized carbons (Fsp3) is 0.923. The molecule has 4 heteroatoms. The van der Waals surface area contributed by atoms with Crippen molar-refractivity contribution in [1.29, 1.82) is 0 Å². The van der Waals surface area contributed by atoms with E-state index in [1.54, 1.807) is 0 Å². The lowest BCUT2D eigenvalue weighted by molar-refractivity contribution is 0.0463. The first-order valence-corrected chi connectivity index (χ1v) is 6.45. The van der Waals surface area contributed by atoms with Gasteiger partial charge in [-0.1, -0.05) is 0 Å². The average molecular weight is 243 g/mol. The van der Waals surface area contributed by atoms with E-state index >= 15 is 0 Å². The zero-order valence-electron chi connectivity index (χ0n) is 11.3. The fourth-order valence-corrected chi connectivity index (χ4v) is 2.22. The predicted octanol–water partition coefficient (Wildman–Crippen LogP) is 2.45. The molecule has 1 rings (SSSR count). The van der Waals surface area contributed by atoms with Gasteiger partial charge in [0.05, 0.1) is 6.10 Å². The number of rotatable bonds is 2. The SMILES string of the molecule is CC(O)[C@H]1CC[C@@H](NC(=O)OC(C)(C)C)CC1. The molecule has 100 valence electrons. The highest BCUT2D eigenvalue weighted by molar-refractivity contribution is 5.68. The summed E-state index contributed by atoms with van der Waals surface area (Å²) in [7, 11) is 0. The maximum atomic E-state index is 11.6. The van der Waals surface area contributed by atoms with Crippen LogP contribution in [0.1, 0.15) is 53.4 Å². The molecule has 1 aliphatic carbocycles. The number of aliphatic hydroxyl groups excluding tert-OH is 1. The second-order valence-corrected chi connectivity index (χ2v) is 6.00. The number of aliphatic hydroxyl groups is 1. The third-order valence-corrected chi connectivity index (χ3v) is 3.17. The first-order chi connectivity index (χ1) is 7.78. The van der Waals surface area contributed by atoms with Crippen LogP contribution in [0.15, 0.2) is 0 Å². The zero-order valence-corrected chi connectivity index (χ0v) is 11.3. The van der Waals surface area contributed by atoms with E-state index in [0.29, 0.717) is 5.92 Å². The van der Waals surface area contributed by atoms with Crippen molar-refractivity contribution in [1.82, 2.24) is 5.32 Å². The first-order valence-electron chi connectivity index (χ1n) is 6.45. The molecule has 1 aliphatic rings. The van der Waals surface area contributed by atoms with Gasteiger partial charge in [-0.25, -0.2) is 4.79 Å². The van der Waals surface area contributed by atoms with Crippen LogP contribution in [0.3, 0.4) is 0 Å². The van der Waals surface area contributed by atoms with Gasteiger partial charge in [0.15, 0.2) is 0 Å². The smallest absolute Gasteiger partial charge is 0.407 e. The molecule has 1 fully saturated rings. The van der Waals surface area contributed by atoms with Crippen molar-refractivity contribution < 1.29 is 14.6 Å². The number of amides is 1. The lowest BCUT2D eigenvalue weighted by Gasteiger charge is -2.31. The molecule has 1 unspecified atom stereocenters. The Morgan fingerprint density at radius 1 is 1.29 bits per heavy atom. The summed E-state index contributed by atoms with van der Waals surface area (Å²) in [4.78, 5) is 11.6. The number of carbonyl (C=O) groups is 1. The van der Waals surface area contributed by atoms with E-state index in [-0.39, 0.29) is 18.2 Å². The van der Waals surface area contributed by atoms with Crippen LogP contribution in [0, 0.1) is 5.92 Å². The lowest BCUT2D eigenvalue weighted by atomic mass is 9.83. The summed E-state index contributed by atoms with van der Waals surface area (Å²) in [5.41, 5.74) is -0.444. The quantitative estimate of drug-likeness (QED) is 0.783. The summed E-state index contributed by atoms with van der Waals surface area (Å²) in [6.07, 6.45) is 3.22. The van der Waals surface area contributed by atoms with Crippen molar-refractivity contribution >= 4 is 6.09 Å². The van der Waals surface area contributed by atoms with E-state index in [1.165, 1.54) is 0 Å². The largest absolute Gasteiger partial charge is 0.444 e. The van der Waals surface area contributed by atoms with Gasteiger partial charge >= 0.3 is 6.09 Å². The van der Waals surface area contributed by atoms with Crippen molar-refractivity contribution in [3.63, 3.8) is 0 Å². The monoisotopic (exact) mass is 243 g/mol. The molecule has 0 bridgehead atoms. The molecular formula is C13H25NO3. The minimum atomic E-state index is -0.444. The van der Waals surface area contributed by atoms with Gasteiger partial charge in [-0.2, -0.15) is 0 Å². The maximum Gasteiger partial charge on any atom is 0.407 e. The van der Waals surface area contributed by atoms with E-state index in [4.69, 9.17) is 4.74 Å². The van der Waals surface area contributed by atoms with Gasteiger partial charge in [-0.3, -0.25) is 0 Å². The van der Waals surface area contributed by atoms with Crippen molar-refractivity contribution in [2.45, 2.75) is 71.1 Å². The van der Waals surface area contributed by atoms with Crippen LogP contribution in [0.5, 0.6) is 0 Å². The minimum absolute atomic E-state index is 0.194. The van der Waals surface area contributed by atoms with E-state index < -0.39 is 5.60 Å². The Morgan fingerprint density at radius 3 is 2.24 bits per heavy atom. The Morgan fingerprint density at radius 2 is 1.82 bits per heavy atom. The van der Waals surface area contributed by atoms with Crippen LogP contribution in [0.25, 0.3) is 0 Å². The Balaban J connectivity index is 2.29. The highest BCUT2D eigenvalue weighted by Gasteiger charge is 2.26. The fourth-order valence-electron chi connectivity index (χ4n) is 2.22. The topological polar surface area (TPSA) is 58.6 Å². The normalized spacial score (nSPS) is 27.4. The van der Waals surface area contributed by atoms with Gasteiger partial charge in [0.25, 0.3) is 0 Å². The molecule has 0 aromatic heterocycles. The third kappa shape index (κ3) is 5.39. The summed E-state index contributed by atoms with van der Waals surface area (Å²) >= 11 is 0. The van der Waals surface area contributed by atoms with Crippen LogP contribution < -0.4 is 5.32 Å². The molecule has 0 aromatic rings. The summed E-state index contributed by atoms with van der Waals surface area (Å²) in [5.74, 6) is 0.381. The minimum Gasteiger partial charge on any atom is -0.444 e. The van der Waals surface area contributed by atoms with Gasteiger partial charge in [-0.05, 0) is 59.3 Å². The van der Waals surface area contributed by atoms with Crippen LogP contribution >= 0.6 is 0 Å². The number of carbonyl (C=O) groups excluding carboxylic acids is 1. The van der Waals surface area contributed by atoms with Crippen LogP contribution in [0.4, 0.5) is 4.79 Å². The first kappa shape index (κ1) is 14.3. The van der Waals surface area contributed by atoms with E-state index in [0.717, 1.165) is 25.7 Å². The number of nitrogens with one attached hydrogen (secondary N) is 1. The maximum absolute atomic E-state index is 11.6. The van der Waals surface area contributed by atoms with Crippen molar-refractivity contribution in [2.75, 3.05) is 0 Å². The van der Waals surface area contributed by atoms with Gasteiger partial charge < -0.3 is 15.2 Å². The number of hydrogen-bond acceptors (Lipinski definition) is 3. The van der Waals surface area contributed by atoms with Gasteiger partial charge in [0.1, 0.15) is 5.60 Å². The van der Waals surface area contributed by atoms with Crippen molar-refractivity contribution in [3.8, 4) is 0 Å². The molecule has 0 radical (unpaired) electrons. The van der Waals surface area contributed by atoms with E-state index in [1.807, 2.05) is 27.7 Å². The molecule has 4 nitrogen and oxygen atoms in total. The molecule has 0 saturated heterocycles. The third-order valence-electron chi connectivity index (χ3n) is 3.17. The van der Waals surface area contributed by atoms with Crippen LogP contribution in [-0.4, -0.2) is 28.9 Å². The molecule has 1 saturated carbocycles. The molecule has 1 amide bonds. The summed E-state index contributed by atoms with van der Waals surface area (Å²) in [6, 6.07) is 0.194. The number of alkyl carbamates (subject to hydrolysis) is 1. The molecule has 1 atom stereocenters. The van der Waals surface area contributed by atoms with E-state index in [2.05, 4.69) is 5.32 Å². The Hall–Kier alpha value is -0.770. The van der Waals surface area contributed by atoms with Crippen molar-refractivity contribution in [2.24, 2.45) is 5.92 Å². The summed E-state index contributed by atoms with van der Waals surface area (Å²) in [5, 5.41) is 12.4. The second-order valence-electron chi connectivity index (χ2n) is 6.00. The Labute approximate surface area is 104 Å². The summed E-state index contributed by atoms with van der Waals surface area (Å²) in [6.45, 7) is 7.41. The zero-order chi connectivity index (χ0) is 13.1. The molecule has 0 spiro atoms. The highest BCUT2D eigenvalue weighted by atomic mass is 16.6. The molecule has 0 heterocycles. The van der Waals surface area contributed by atoms with E-state index in [9.17, 15) is 9.90 Å². The molecule has 2 N–H and O–H groups in total. The van der Waals surface area contributed by atoms with Crippen molar-refractivity contribution in [3.05, 3.63) is 0 Å². The van der Waals surface area contributed by atoms with Gasteiger partial charge in [0, 0.05) is 6.04 Å². The predicted molar refractivity (Wildman–Crippen MR) is 66.8 cm³/mol. The highest BCUT2D eigenvalue weighted by Crippen LogP contribution is 2.26. The Bertz CT molecular complexity index is 250. The second kappa shape index (κ2) is 5.71. The van der Waals surface area contributed by atoms with Gasteiger partial charge in [-0.15, -0.1) is 0 Å². The summed E-state index contributed by atoms with van der Waals surface area (Å²) < 4.78 is 5.22. The van der Waals surface area contributed by atoms with Crippen LogP contribution in [-0.2, 0) is 4.74 Å². The standard InChI is InChI=1S/C13H25NO3/c1-9(15)10-5-7-11(8-6-10)14-12(16)17-13(2,3)4/h9-11,15H,5-8H2,1-4H3,(H,14,16)/t9?,10-,11+. The molecular weight excluding hydrogens is 218 g/mol. The molecule has 0 aromatic carbocycles. The number of hydrogen-bond donors (Lipinski definition) is 2. The lowest BCUT2D eigenvalue weighted by Crippen LogP contribution is -2.41. The van der Waals surface area contributed by atoms with Crippen LogP contribution in [0.2, 0.25) is 0 Å². The number of ether oxygens (including phenoxy) is 1. The Kier molecular flexibility index (Phi) is 4.80. The average Bonchev–Trinajstić information content (AvgIpc) is 2.15. The van der Waals surface area contributed by atoms with Gasteiger partial charge in [0.2, 0.25) is 0 Å².